The number of halogens is 1. The van der Waals surface area contributed by atoms with E-state index in [2.05, 4.69) is 15.9 Å². The molecule has 0 saturated heterocycles. The molecule has 1 aromatic carbocycles. The van der Waals surface area contributed by atoms with Gasteiger partial charge in [-0.2, -0.15) is 0 Å². The zero-order valence-electron chi connectivity index (χ0n) is 10.0. The van der Waals surface area contributed by atoms with Crippen LogP contribution in [0.15, 0.2) is 22.7 Å². The van der Waals surface area contributed by atoms with E-state index in [4.69, 9.17) is 4.74 Å². The first-order valence-corrected chi connectivity index (χ1v) is 6.28. The highest BCUT2D eigenvalue weighted by atomic mass is 79.9. The molecule has 0 heterocycles. The van der Waals surface area contributed by atoms with Gasteiger partial charge in [0.2, 0.25) is 0 Å². The second-order valence-corrected chi connectivity index (χ2v) is 5.08. The summed E-state index contributed by atoms with van der Waals surface area (Å²) in [7, 11) is 1.68. The van der Waals surface area contributed by atoms with Gasteiger partial charge in [-0.3, -0.25) is 0 Å². The lowest BCUT2D eigenvalue weighted by molar-refractivity contribution is 0.0881. The normalized spacial score (nSPS) is 14.8. The van der Waals surface area contributed by atoms with Crippen LogP contribution in [0, 0.1) is 12.8 Å². The molecule has 16 heavy (non-hydrogen) atoms. The maximum Gasteiger partial charge on any atom is 0.0827 e. The monoisotopic (exact) mass is 286 g/mol. The van der Waals surface area contributed by atoms with Gasteiger partial charge in [0.1, 0.15) is 0 Å². The average Bonchev–Trinajstić information content (AvgIpc) is 2.28. The molecule has 0 aromatic heterocycles. The second-order valence-electron chi connectivity index (χ2n) is 4.23. The van der Waals surface area contributed by atoms with Crippen LogP contribution in [0.3, 0.4) is 0 Å². The van der Waals surface area contributed by atoms with E-state index in [9.17, 15) is 5.11 Å². The first kappa shape index (κ1) is 13.7. The van der Waals surface area contributed by atoms with Crippen LogP contribution in [0.25, 0.3) is 0 Å². The maximum atomic E-state index is 10.2. The molecule has 0 spiro atoms. The van der Waals surface area contributed by atoms with E-state index in [-0.39, 0.29) is 5.92 Å². The van der Waals surface area contributed by atoms with E-state index < -0.39 is 6.10 Å². The van der Waals surface area contributed by atoms with E-state index in [1.54, 1.807) is 7.11 Å². The van der Waals surface area contributed by atoms with Crippen LogP contribution in [0.1, 0.15) is 30.6 Å². The van der Waals surface area contributed by atoms with Crippen molar-refractivity contribution in [2.24, 2.45) is 5.92 Å². The molecule has 0 radical (unpaired) electrons. The molecule has 0 saturated carbocycles. The second kappa shape index (κ2) is 6.38. The highest BCUT2D eigenvalue weighted by molar-refractivity contribution is 9.10. The van der Waals surface area contributed by atoms with Crippen LogP contribution >= 0.6 is 15.9 Å². The smallest absolute Gasteiger partial charge is 0.0827 e. The first-order valence-electron chi connectivity index (χ1n) is 5.49. The van der Waals surface area contributed by atoms with Gasteiger partial charge in [0.15, 0.2) is 0 Å². The first-order chi connectivity index (χ1) is 7.56. The van der Waals surface area contributed by atoms with E-state index in [1.165, 1.54) is 0 Å². The predicted octanol–water partition coefficient (Wildman–Crippen LogP) is 3.46. The number of rotatable bonds is 5. The van der Waals surface area contributed by atoms with Crippen LogP contribution in [-0.4, -0.2) is 18.8 Å². The number of ether oxygens (including phenoxy) is 1. The van der Waals surface area contributed by atoms with Crippen molar-refractivity contribution < 1.29 is 9.84 Å². The van der Waals surface area contributed by atoms with Crippen LogP contribution in [0.2, 0.25) is 0 Å². The summed E-state index contributed by atoms with van der Waals surface area (Å²) < 4.78 is 6.00. The highest BCUT2D eigenvalue weighted by Gasteiger charge is 2.18. The summed E-state index contributed by atoms with van der Waals surface area (Å²) in [6, 6.07) is 6.04. The van der Waals surface area contributed by atoms with Crippen molar-refractivity contribution in [3.8, 4) is 0 Å². The Morgan fingerprint density at radius 3 is 2.75 bits per heavy atom. The van der Waals surface area contributed by atoms with Crippen molar-refractivity contribution in [1.82, 2.24) is 0 Å². The van der Waals surface area contributed by atoms with Gasteiger partial charge in [-0.15, -0.1) is 0 Å². The molecule has 0 fully saturated rings. The van der Waals surface area contributed by atoms with Crippen LogP contribution in [0.5, 0.6) is 0 Å². The molecule has 0 aliphatic rings. The number of methoxy groups -OCH3 is 1. The minimum Gasteiger partial charge on any atom is -0.388 e. The molecule has 3 heteroatoms. The molecule has 90 valence electrons. The summed E-state index contributed by atoms with van der Waals surface area (Å²) in [6.45, 7) is 4.75. The van der Waals surface area contributed by atoms with Gasteiger partial charge in [0.25, 0.3) is 0 Å². The molecule has 2 atom stereocenters. The largest absolute Gasteiger partial charge is 0.388 e. The molecule has 0 amide bonds. The Bertz CT molecular complexity index is 339. The Morgan fingerprint density at radius 2 is 2.12 bits per heavy atom. The topological polar surface area (TPSA) is 29.5 Å². The summed E-state index contributed by atoms with van der Waals surface area (Å²) in [5, 5.41) is 10.2. The van der Waals surface area contributed by atoms with Crippen LogP contribution in [-0.2, 0) is 4.74 Å². The van der Waals surface area contributed by atoms with Crippen molar-refractivity contribution in [3.63, 3.8) is 0 Å². The number of aliphatic hydroxyl groups excluding tert-OH is 1. The quantitative estimate of drug-likeness (QED) is 0.898. The number of hydrogen-bond donors (Lipinski definition) is 1. The van der Waals surface area contributed by atoms with Gasteiger partial charge >= 0.3 is 0 Å². The SMILES string of the molecule is COCCC(C)C(O)c1cc(C)ccc1Br. The lowest BCUT2D eigenvalue weighted by Crippen LogP contribution is -2.12. The van der Waals surface area contributed by atoms with Crippen molar-refractivity contribution in [2.45, 2.75) is 26.4 Å². The summed E-state index contributed by atoms with van der Waals surface area (Å²) in [5.74, 6) is 0.193. The van der Waals surface area contributed by atoms with Crippen molar-refractivity contribution in [1.29, 1.82) is 0 Å². The number of benzene rings is 1. The van der Waals surface area contributed by atoms with E-state index in [1.807, 2.05) is 32.0 Å². The van der Waals surface area contributed by atoms with Gasteiger partial charge in [0.05, 0.1) is 6.10 Å². The van der Waals surface area contributed by atoms with Gasteiger partial charge in [0, 0.05) is 18.2 Å². The Kier molecular flexibility index (Phi) is 5.46. The fourth-order valence-electron chi connectivity index (χ4n) is 1.66. The molecule has 0 aliphatic heterocycles. The third-order valence-electron chi connectivity index (χ3n) is 2.79. The summed E-state index contributed by atoms with van der Waals surface area (Å²) >= 11 is 3.48. The Morgan fingerprint density at radius 1 is 1.44 bits per heavy atom. The molecule has 1 aromatic rings. The van der Waals surface area contributed by atoms with Crippen molar-refractivity contribution in [2.75, 3.05) is 13.7 Å². The molecule has 2 nitrogen and oxygen atoms in total. The minimum absolute atomic E-state index is 0.193. The molecule has 0 bridgehead atoms. The standard InChI is InChI=1S/C13H19BrO2/c1-9-4-5-12(14)11(8-9)13(15)10(2)6-7-16-3/h4-5,8,10,13,15H,6-7H2,1-3H3. The van der Waals surface area contributed by atoms with E-state index in [0.29, 0.717) is 6.61 Å². The molecular formula is C13H19BrO2. The number of aliphatic hydroxyl groups is 1. The van der Waals surface area contributed by atoms with Gasteiger partial charge < -0.3 is 9.84 Å². The van der Waals surface area contributed by atoms with E-state index >= 15 is 0 Å². The molecule has 0 aliphatic carbocycles. The van der Waals surface area contributed by atoms with Crippen LogP contribution < -0.4 is 0 Å². The maximum absolute atomic E-state index is 10.2. The van der Waals surface area contributed by atoms with Gasteiger partial charge in [-0.1, -0.05) is 40.5 Å². The fraction of sp³-hybridized carbons (Fsp3) is 0.538. The zero-order chi connectivity index (χ0) is 12.1. The minimum atomic E-state index is -0.440. The Balaban J connectivity index is 2.78. The van der Waals surface area contributed by atoms with Gasteiger partial charge in [-0.05, 0) is 30.9 Å². The highest BCUT2D eigenvalue weighted by Crippen LogP contribution is 2.30. The Labute approximate surface area is 106 Å². The molecular weight excluding hydrogens is 268 g/mol. The number of hydrogen-bond acceptors (Lipinski definition) is 2. The van der Waals surface area contributed by atoms with Gasteiger partial charge in [-0.25, -0.2) is 0 Å². The summed E-state index contributed by atoms with van der Waals surface area (Å²) in [4.78, 5) is 0. The summed E-state index contributed by atoms with van der Waals surface area (Å²) in [5.41, 5.74) is 2.12. The molecule has 1 N–H and O–H groups in total. The number of aryl methyl sites for hydroxylation is 1. The van der Waals surface area contributed by atoms with Crippen molar-refractivity contribution >= 4 is 15.9 Å². The zero-order valence-corrected chi connectivity index (χ0v) is 11.6. The lowest BCUT2D eigenvalue weighted by atomic mass is 9.94. The van der Waals surface area contributed by atoms with Crippen molar-refractivity contribution in [3.05, 3.63) is 33.8 Å². The average molecular weight is 287 g/mol. The molecule has 1 rings (SSSR count). The fourth-order valence-corrected chi connectivity index (χ4v) is 2.14. The lowest BCUT2D eigenvalue weighted by Gasteiger charge is -2.20. The predicted molar refractivity (Wildman–Crippen MR) is 69.5 cm³/mol. The third kappa shape index (κ3) is 3.58. The van der Waals surface area contributed by atoms with E-state index in [0.717, 1.165) is 22.0 Å². The van der Waals surface area contributed by atoms with Crippen LogP contribution in [0.4, 0.5) is 0 Å². The summed E-state index contributed by atoms with van der Waals surface area (Å²) in [6.07, 6.45) is 0.419. The molecule has 2 unspecified atom stereocenters. The Hall–Kier alpha value is -0.380. The third-order valence-corrected chi connectivity index (χ3v) is 3.51.